The van der Waals surface area contributed by atoms with E-state index in [1.807, 2.05) is 18.2 Å². The molecule has 31 heavy (non-hydrogen) atoms. The third-order valence-electron chi connectivity index (χ3n) is 5.24. The van der Waals surface area contributed by atoms with E-state index >= 15 is 0 Å². The number of halogens is 1. The number of para-hydroxylation sites is 1. The molecule has 0 bridgehead atoms. The minimum Gasteiger partial charge on any atom is -0.481 e. The van der Waals surface area contributed by atoms with Crippen LogP contribution in [-0.4, -0.2) is 47.2 Å². The van der Waals surface area contributed by atoms with Gasteiger partial charge in [-0.3, -0.25) is 14.5 Å². The SMILES string of the molecule is O=C(O)CC1=NN(c2ccccc2Cl)C(=O)C1=C1CN(Cc2ccccc2)CCCN1. The molecule has 1 saturated heterocycles. The van der Waals surface area contributed by atoms with Crippen molar-refractivity contribution in [3.8, 4) is 0 Å². The maximum Gasteiger partial charge on any atom is 0.309 e. The van der Waals surface area contributed by atoms with Crippen LogP contribution in [0.4, 0.5) is 5.69 Å². The number of rotatable bonds is 5. The van der Waals surface area contributed by atoms with E-state index in [2.05, 4.69) is 27.5 Å². The number of anilines is 1. The molecule has 0 aliphatic carbocycles. The van der Waals surface area contributed by atoms with Gasteiger partial charge in [-0.05, 0) is 24.1 Å². The average Bonchev–Trinajstić information content (AvgIpc) is 2.91. The number of benzene rings is 2. The number of carbonyl (C=O) groups excluding carboxylic acids is 1. The Kier molecular flexibility index (Phi) is 6.34. The fraction of sp³-hybridized carbons (Fsp3) is 0.261. The number of carbonyl (C=O) groups is 2. The molecule has 0 aromatic heterocycles. The van der Waals surface area contributed by atoms with Crippen molar-refractivity contribution in [1.82, 2.24) is 10.2 Å². The molecule has 1 fully saturated rings. The van der Waals surface area contributed by atoms with Crippen molar-refractivity contribution in [3.05, 3.63) is 76.5 Å². The van der Waals surface area contributed by atoms with Crippen molar-refractivity contribution in [2.75, 3.05) is 24.6 Å². The summed E-state index contributed by atoms with van der Waals surface area (Å²) in [6, 6.07) is 17.0. The molecule has 2 aliphatic rings. The number of hydrogen-bond acceptors (Lipinski definition) is 5. The van der Waals surface area contributed by atoms with E-state index in [9.17, 15) is 14.7 Å². The van der Waals surface area contributed by atoms with Gasteiger partial charge in [-0.15, -0.1) is 0 Å². The van der Waals surface area contributed by atoms with Gasteiger partial charge in [-0.1, -0.05) is 54.1 Å². The van der Waals surface area contributed by atoms with Gasteiger partial charge in [0.2, 0.25) is 0 Å². The highest BCUT2D eigenvalue weighted by Crippen LogP contribution is 2.32. The lowest BCUT2D eigenvalue weighted by atomic mass is 10.0. The van der Waals surface area contributed by atoms with Crippen LogP contribution in [0.3, 0.4) is 0 Å². The fourth-order valence-electron chi connectivity index (χ4n) is 3.85. The molecule has 4 rings (SSSR count). The summed E-state index contributed by atoms with van der Waals surface area (Å²) in [6.45, 7) is 2.81. The summed E-state index contributed by atoms with van der Waals surface area (Å²) < 4.78 is 0. The summed E-state index contributed by atoms with van der Waals surface area (Å²) in [5.41, 5.74) is 2.88. The van der Waals surface area contributed by atoms with Gasteiger partial charge in [0, 0.05) is 31.9 Å². The molecule has 1 amide bonds. The summed E-state index contributed by atoms with van der Waals surface area (Å²) in [7, 11) is 0. The lowest BCUT2D eigenvalue weighted by Crippen LogP contribution is -2.31. The van der Waals surface area contributed by atoms with E-state index in [-0.39, 0.29) is 18.0 Å². The van der Waals surface area contributed by atoms with Crippen LogP contribution in [-0.2, 0) is 16.1 Å². The summed E-state index contributed by atoms with van der Waals surface area (Å²) in [5.74, 6) is -1.41. The predicted octanol–water partition coefficient (Wildman–Crippen LogP) is 3.27. The minimum atomic E-state index is -1.04. The van der Waals surface area contributed by atoms with Gasteiger partial charge < -0.3 is 10.4 Å². The third kappa shape index (κ3) is 4.78. The highest BCUT2D eigenvalue weighted by Gasteiger charge is 2.36. The molecule has 8 heteroatoms. The van der Waals surface area contributed by atoms with Crippen molar-refractivity contribution in [1.29, 1.82) is 0 Å². The zero-order valence-electron chi connectivity index (χ0n) is 16.9. The molecule has 2 N–H and O–H groups in total. The monoisotopic (exact) mass is 438 g/mol. The zero-order chi connectivity index (χ0) is 21.8. The van der Waals surface area contributed by atoms with Crippen LogP contribution in [0.1, 0.15) is 18.4 Å². The van der Waals surface area contributed by atoms with E-state index in [1.165, 1.54) is 10.6 Å². The van der Waals surface area contributed by atoms with Gasteiger partial charge in [-0.2, -0.15) is 10.1 Å². The first-order chi connectivity index (χ1) is 15.0. The number of amides is 1. The molecule has 2 heterocycles. The van der Waals surface area contributed by atoms with Gasteiger partial charge in [0.1, 0.15) is 0 Å². The normalized spacial score (nSPS) is 19.7. The number of nitrogens with one attached hydrogen (secondary N) is 1. The first-order valence-corrected chi connectivity index (χ1v) is 10.5. The lowest BCUT2D eigenvalue weighted by Gasteiger charge is -2.21. The molecule has 7 nitrogen and oxygen atoms in total. The predicted molar refractivity (Wildman–Crippen MR) is 120 cm³/mol. The van der Waals surface area contributed by atoms with Crippen molar-refractivity contribution in [2.45, 2.75) is 19.4 Å². The van der Waals surface area contributed by atoms with E-state index in [0.717, 1.165) is 19.5 Å². The minimum absolute atomic E-state index is 0.237. The molecular formula is C23H23ClN4O3. The van der Waals surface area contributed by atoms with E-state index in [0.29, 0.717) is 35.1 Å². The number of hydrazone groups is 1. The Bertz CT molecular complexity index is 1050. The molecule has 0 atom stereocenters. The van der Waals surface area contributed by atoms with E-state index < -0.39 is 5.97 Å². The Morgan fingerprint density at radius 3 is 2.61 bits per heavy atom. The van der Waals surface area contributed by atoms with Crippen molar-refractivity contribution in [3.63, 3.8) is 0 Å². The molecule has 2 aromatic carbocycles. The van der Waals surface area contributed by atoms with Crippen LogP contribution in [0, 0.1) is 0 Å². The first kappa shape index (κ1) is 21.1. The van der Waals surface area contributed by atoms with Crippen LogP contribution < -0.4 is 10.3 Å². The molecule has 2 aliphatic heterocycles. The van der Waals surface area contributed by atoms with E-state index in [4.69, 9.17) is 11.6 Å². The number of carboxylic acid groups (broad SMARTS) is 1. The summed E-state index contributed by atoms with van der Waals surface area (Å²) in [4.78, 5) is 27.1. The molecule has 0 saturated carbocycles. The van der Waals surface area contributed by atoms with Crippen LogP contribution in [0.2, 0.25) is 5.02 Å². The lowest BCUT2D eigenvalue weighted by molar-refractivity contribution is -0.135. The topological polar surface area (TPSA) is 85.2 Å². The van der Waals surface area contributed by atoms with Crippen molar-refractivity contribution < 1.29 is 14.7 Å². The van der Waals surface area contributed by atoms with Gasteiger partial charge in [0.25, 0.3) is 5.91 Å². The Morgan fingerprint density at radius 2 is 1.87 bits per heavy atom. The largest absolute Gasteiger partial charge is 0.481 e. The number of carboxylic acids is 1. The number of aliphatic carboxylic acids is 1. The smallest absolute Gasteiger partial charge is 0.309 e. The first-order valence-electron chi connectivity index (χ1n) is 10.1. The van der Waals surface area contributed by atoms with Gasteiger partial charge in [0.05, 0.1) is 28.4 Å². The average molecular weight is 439 g/mol. The molecular weight excluding hydrogens is 416 g/mol. The van der Waals surface area contributed by atoms with Gasteiger partial charge in [0.15, 0.2) is 0 Å². The third-order valence-corrected chi connectivity index (χ3v) is 5.56. The summed E-state index contributed by atoms with van der Waals surface area (Å²) in [6.07, 6.45) is 0.573. The maximum atomic E-state index is 13.4. The highest BCUT2D eigenvalue weighted by molar-refractivity contribution is 6.37. The Morgan fingerprint density at radius 1 is 1.13 bits per heavy atom. The van der Waals surface area contributed by atoms with Crippen LogP contribution in [0.5, 0.6) is 0 Å². The van der Waals surface area contributed by atoms with E-state index in [1.54, 1.807) is 24.3 Å². The van der Waals surface area contributed by atoms with Crippen molar-refractivity contribution >= 4 is 34.9 Å². The van der Waals surface area contributed by atoms with Gasteiger partial charge >= 0.3 is 5.97 Å². The molecule has 0 spiro atoms. The number of nitrogens with zero attached hydrogens (tertiary/aromatic N) is 3. The second-order valence-electron chi connectivity index (χ2n) is 7.52. The summed E-state index contributed by atoms with van der Waals surface area (Å²) >= 11 is 6.28. The molecule has 0 unspecified atom stereocenters. The van der Waals surface area contributed by atoms with Crippen LogP contribution >= 0.6 is 11.6 Å². The Hall–Kier alpha value is -3.16. The van der Waals surface area contributed by atoms with Gasteiger partial charge in [-0.25, -0.2) is 0 Å². The Balaban J connectivity index is 1.68. The van der Waals surface area contributed by atoms with Crippen LogP contribution in [0.25, 0.3) is 0 Å². The maximum absolute atomic E-state index is 13.4. The summed E-state index contributed by atoms with van der Waals surface area (Å²) in [5, 5.41) is 18.7. The number of hydrogen-bond donors (Lipinski definition) is 2. The Labute approximate surface area is 185 Å². The molecule has 0 radical (unpaired) electrons. The highest BCUT2D eigenvalue weighted by atomic mass is 35.5. The molecule has 160 valence electrons. The zero-order valence-corrected chi connectivity index (χ0v) is 17.7. The standard InChI is InChI=1S/C23H23ClN4O3/c24-17-9-4-5-10-20(17)28-23(31)22(18(26-28)13-21(29)30)19-15-27(12-6-11-25-19)14-16-7-2-1-3-8-16/h1-5,7-10,25H,6,11-15H2,(H,29,30). The van der Waals surface area contributed by atoms with Crippen molar-refractivity contribution in [2.24, 2.45) is 5.10 Å². The quantitative estimate of drug-likeness (QED) is 0.700. The van der Waals surface area contributed by atoms with Crippen LogP contribution in [0.15, 0.2) is 71.0 Å². The second kappa shape index (κ2) is 9.32. The molecule has 2 aromatic rings. The second-order valence-corrected chi connectivity index (χ2v) is 7.92. The fourth-order valence-corrected chi connectivity index (χ4v) is 4.06.